The van der Waals surface area contributed by atoms with Crippen molar-refractivity contribution in [2.45, 2.75) is 69.6 Å². The van der Waals surface area contributed by atoms with Crippen molar-refractivity contribution in [1.82, 2.24) is 24.9 Å². The minimum Gasteiger partial charge on any atom is -0.461 e. The number of nitrogens with zero attached hydrogens (tertiary/aromatic N) is 7. The van der Waals surface area contributed by atoms with E-state index < -0.39 is 96.6 Å². The number of carbonyl (C=O) groups excluding carboxylic acids is 1. The van der Waals surface area contributed by atoms with Crippen LogP contribution in [-0.4, -0.2) is 87.9 Å². The van der Waals surface area contributed by atoms with Gasteiger partial charge in [0.25, 0.3) is 5.91 Å². The summed E-state index contributed by atoms with van der Waals surface area (Å²) >= 11 is 0.520. The maximum Gasteiger partial charge on any atom is 0.419 e. The highest BCUT2D eigenvalue weighted by molar-refractivity contribution is 7.23. The second-order valence-electron chi connectivity index (χ2n) is 14.8. The molecular weight excluding hydrogens is 801 g/mol. The fourth-order valence-electron chi connectivity index (χ4n) is 8.83. The van der Waals surface area contributed by atoms with Gasteiger partial charge < -0.3 is 24.8 Å². The molecule has 5 aromatic rings. The highest BCUT2D eigenvalue weighted by Gasteiger charge is 2.50. The highest BCUT2D eigenvalue weighted by Crippen LogP contribution is 2.52. The van der Waals surface area contributed by atoms with E-state index in [9.17, 15) is 14.4 Å². The van der Waals surface area contributed by atoms with E-state index >= 15 is 30.7 Å². The SMILES string of the molecule is CCN(c1nc(OCC23CCCN2CC(F)C3)nc2c(C(F)(F)F)c(-c3ccc(F)c4sc(N)c(C#N)c34)c(C(F)(F)F)cc12)C1CCN(C(=O)c2cc(C)no2)C1. The Kier molecular flexibility index (Phi) is 9.69. The van der Waals surface area contributed by atoms with E-state index in [1.54, 1.807) is 19.9 Å². The van der Waals surface area contributed by atoms with Gasteiger partial charge in [-0.1, -0.05) is 11.2 Å². The van der Waals surface area contributed by atoms with Gasteiger partial charge in [-0.25, -0.2) is 8.78 Å². The van der Waals surface area contributed by atoms with E-state index in [2.05, 4.69) is 15.1 Å². The largest absolute Gasteiger partial charge is 0.461 e. The van der Waals surface area contributed by atoms with E-state index in [-0.39, 0.29) is 62.2 Å². The van der Waals surface area contributed by atoms with Crippen LogP contribution in [0.1, 0.15) is 65.5 Å². The number of ether oxygens (including phenoxy) is 1. The molecule has 306 valence electrons. The molecule has 6 heterocycles. The van der Waals surface area contributed by atoms with Crippen molar-refractivity contribution < 1.29 is 49.2 Å². The molecule has 0 bridgehead atoms. The standard InChI is InChI=1S/C38H34F8N8O3S/c1-3-54(20-7-10-52(16-20)34(55)26-11-18(2)51-57-26)33-22-12-24(37(41,42)43)28(21-5-6-25(40)31-27(21)23(14-47)32(48)58-31)29(38(44,45)46)30(22)49-35(50-33)56-17-36-8-4-9-53(36)15-19(39)13-36/h5-6,11-12,19-20H,3-4,7-10,13,15-17,48H2,1-2H3. The number of aromatic nitrogens is 3. The molecule has 0 saturated carbocycles. The predicted octanol–water partition coefficient (Wildman–Crippen LogP) is 8.13. The Morgan fingerprint density at radius 2 is 1.93 bits per heavy atom. The molecule has 3 aliphatic heterocycles. The summed E-state index contributed by atoms with van der Waals surface area (Å²) in [5.41, 5.74) is -1.51. The van der Waals surface area contributed by atoms with E-state index in [1.165, 1.54) is 15.9 Å². The minimum absolute atomic E-state index is 0.00445. The molecule has 0 aliphatic carbocycles. The molecule has 3 aliphatic rings. The average molecular weight is 835 g/mol. The van der Waals surface area contributed by atoms with Gasteiger partial charge in [0.1, 0.15) is 35.5 Å². The zero-order chi connectivity index (χ0) is 41.5. The molecule has 2 aromatic carbocycles. The molecule has 58 heavy (non-hydrogen) atoms. The van der Waals surface area contributed by atoms with Crippen LogP contribution in [0.4, 0.5) is 45.9 Å². The number of rotatable bonds is 8. The third-order valence-electron chi connectivity index (χ3n) is 11.3. The summed E-state index contributed by atoms with van der Waals surface area (Å²) in [4.78, 5) is 26.8. The normalized spacial score (nSPS) is 21.3. The fraction of sp³-hybridized carbons (Fsp3) is 0.447. The zero-order valence-corrected chi connectivity index (χ0v) is 31.7. The quantitative estimate of drug-likeness (QED) is 0.153. The number of amides is 1. The summed E-state index contributed by atoms with van der Waals surface area (Å²) in [6, 6.07) is 3.91. The Labute approximate surface area is 328 Å². The number of halogens is 8. The van der Waals surface area contributed by atoms with Crippen LogP contribution in [0.15, 0.2) is 28.8 Å². The monoisotopic (exact) mass is 834 g/mol. The first-order valence-corrected chi connectivity index (χ1v) is 19.2. The molecule has 8 rings (SSSR count). The number of benzene rings is 2. The van der Waals surface area contributed by atoms with Gasteiger partial charge in [-0.3, -0.25) is 9.69 Å². The van der Waals surface area contributed by atoms with Gasteiger partial charge in [-0.15, -0.1) is 11.3 Å². The molecule has 0 spiro atoms. The number of fused-ring (bicyclic) bond motifs is 3. The number of nitriles is 1. The number of hydrogen-bond acceptors (Lipinski definition) is 11. The van der Waals surface area contributed by atoms with Crippen molar-refractivity contribution in [3.05, 3.63) is 58.2 Å². The number of hydrogen-bond donors (Lipinski definition) is 1. The van der Waals surface area contributed by atoms with Crippen molar-refractivity contribution in [3.63, 3.8) is 0 Å². The van der Waals surface area contributed by atoms with Crippen molar-refractivity contribution >= 4 is 49.1 Å². The topological polar surface area (TPSA) is 138 Å². The zero-order valence-electron chi connectivity index (χ0n) is 30.9. The number of nitrogen functional groups attached to an aromatic ring is 1. The second-order valence-corrected chi connectivity index (χ2v) is 15.9. The van der Waals surface area contributed by atoms with Gasteiger partial charge in [-0.2, -0.15) is 41.6 Å². The van der Waals surface area contributed by atoms with E-state index in [0.717, 1.165) is 18.6 Å². The van der Waals surface area contributed by atoms with Crippen molar-refractivity contribution in [3.8, 4) is 23.2 Å². The van der Waals surface area contributed by atoms with Crippen LogP contribution in [0, 0.1) is 24.1 Å². The number of nitrogens with two attached hydrogens (primary N) is 1. The lowest BCUT2D eigenvalue weighted by Gasteiger charge is -2.32. The molecule has 2 N–H and O–H groups in total. The van der Waals surface area contributed by atoms with Gasteiger partial charge in [0.15, 0.2) is 0 Å². The lowest BCUT2D eigenvalue weighted by atomic mass is 9.88. The van der Waals surface area contributed by atoms with Gasteiger partial charge in [0.05, 0.1) is 38.1 Å². The number of likely N-dealkylation sites (tertiary alicyclic amines) is 1. The highest BCUT2D eigenvalue weighted by atomic mass is 32.1. The van der Waals surface area contributed by atoms with Crippen LogP contribution < -0.4 is 15.4 Å². The number of thiophene rings is 1. The van der Waals surface area contributed by atoms with E-state index in [4.69, 9.17) is 15.0 Å². The lowest BCUT2D eigenvalue weighted by molar-refractivity contribution is -0.141. The fourth-order valence-corrected chi connectivity index (χ4v) is 9.78. The summed E-state index contributed by atoms with van der Waals surface area (Å²) in [7, 11) is 0. The Morgan fingerprint density at radius 3 is 2.60 bits per heavy atom. The Hall–Kier alpha value is -5.29. The van der Waals surface area contributed by atoms with Gasteiger partial charge >= 0.3 is 18.4 Å². The average Bonchev–Trinajstić information content (AvgIpc) is 3.99. The summed E-state index contributed by atoms with van der Waals surface area (Å²) in [6.07, 6.45) is -10.5. The van der Waals surface area contributed by atoms with E-state index in [0.29, 0.717) is 36.1 Å². The number of anilines is 2. The first kappa shape index (κ1) is 39.5. The molecule has 3 atom stereocenters. The number of alkyl halides is 7. The summed E-state index contributed by atoms with van der Waals surface area (Å²) < 4.78 is 134. The van der Waals surface area contributed by atoms with Crippen LogP contribution in [-0.2, 0) is 12.4 Å². The van der Waals surface area contributed by atoms with Crippen LogP contribution in [0.5, 0.6) is 6.01 Å². The molecule has 11 nitrogen and oxygen atoms in total. The van der Waals surface area contributed by atoms with Crippen molar-refractivity contribution in [2.75, 3.05) is 50.0 Å². The second kappa shape index (κ2) is 14.2. The maximum absolute atomic E-state index is 15.7. The van der Waals surface area contributed by atoms with Crippen LogP contribution in [0.25, 0.3) is 32.1 Å². The summed E-state index contributed by atoms with van der Waals surface area (Å²) in [5.74, 6) is -1.86. The third-order valence-corrected chi connectivity index (χ3v) is 12.3. The lowest BCUT2D eigenvalue weighted by Crippen LogP contribution is -2.43. The minimum atomic E-state index is -5.54. The molecule has 3 aromatic heterocycles. The summed E-state index contributed by atoms with van der Waals surface area (Å²) in [6.45, 7) is 3.98. The Morgan fingerprint density at radius 1 is 1.16 bits per heavy atom. The third kappa shape index (κ3) is 6.61. The smallest absolute Gasteiger partial charge is 0.419 e. The molecule has 20 heteroatoms. The van der Waals surface area contributed by atoms with Crippen LogP contribution >= 0.6 is 11.3 Å². The van der Waals surface area contributed by atoms with Crippen molar-refractivity contribution in [1.29, 1.82) is 5.26 Å². The van der Waals surface area contributed by atoms with E-state index in [1.807, 2.05) is 4.90 Å². The van der Waals surface area contributed by atoms with Crippen LogP contribution in [0.2, 0.25) is 0 Å². The molecule has 3 unspecified atom stereocenters. The first-order chi connectivity index (χ1) is 27.4. The Bertz CT molecular complexity index is 2500. The first-order valence-electron chi connectivity index (χ1n) is 18.4. The molecule has 1 amide bonds. The Balaban J connectivity index is 1.36. The van der Waals surface area contributed by atoms with Crippen LogP contribution in [0.3, 0.4) is 0 Å². The van der Waals surface area contributed by atoms with Crippen molar-refractivity contribution in [2.24, 2.45) is 0 Å². The molecule has 3 saturated heterocycles. The van der Waals surface area contributed by atoms with Gasteiger partial charge in [0.2, 0.25) is 5.76 Å². The summed E-state index contributed by atoms with van der Waals surface area (Å²) in [5, 5.41) is 12.2. The number of likely N-dealkylation sites (N-methyl/N-ethyl adjacent to an activating group) is 1. The molecule has 0 radical (unpaired) electrons. The predicted molar refractivity (Wildman–Crippen MR) is 197 cm³/mol. The van der Waals surface area contributed by atoms with Gasteiger partial charge in [0, 0.05) is 61.0 Å². The molecular formula is C38H34F8N8O3S. The number of carbonyl (C=O) groups is 1. The number of aryl methyl sites for hydroxylation is 1. The van der Waals surface area contributed by atoms with Gasteiger partial charge in [-0.05, 0) is 57.4 Å². The maximum atomic E-state index is 15.7. The molecule has 3 fully saturated rings.